The SMILES string of the molecule is C=C[Si](C=C)(CCCOCC1CO1)OC. The summed E-state index contributed by atoms with van der Waals surface area (Å²) in [5.74, 6) is 0. The molecule has 3 nitrogen and oxygen atoms in total. The van der Waals surface area contributed by atoms with Crippen LogP contribution in [-0.4, -0.2) is 41.4 Å². The van der Waals surface area contributed by atoms with Crippen molar-refractivity contribution in [1.82, 2.24) is 0 Å². The first-order chi connectivity index (χ1) is 7.26. The second kappa shape index (κ2) is 6.22. The van der Waals surface area contributed by atoms with Crippen LogP contribution in [0.4, 0.5) is 0 Å². The number of hydrogen-bond acceptors (Lipinski definition) is 3. The van der Waals surface area contributed by atoms with Crippen LogP contribution in [0.5, 0.6) is 0 Å². The molecule has 1 aliphatic heterocycles. The van der Waals surface area contributed by atoms with Crippen molar-refractivity contribution in [3.05, 3.63) is 24.6 Å². The number of hydrogen-bond donors (Lipinski definition) is 0. The third kappa shape index (κ3) is 4.30. The van der Waals surface area contributed by atoms with Gasteiger partial charge in [-0.15, -0.1) is 13.2 Å². The fourth-order valence-electron chi connectivity index (χ4n) is 1.39. The Balaban J connectivity index is 2.09. The molecule has 1 rings (SSSR count). The van der Waals surface area contributed by atoms with Crippen LogP contribution in [0.15, 0.2) is 24.6 Å². The van der Waals surface area contributed by atoms with Crippen molar-refractivity contribution < 1.29 is 13.9 Å². The van der Waals surface area contributed by atoms with Crippen LogP contribution in [-0.2, 0) is 13.9 Å². The maximum absolute atomic E-state index is 5.50. The topological polar surface area (TPSA) is 31.0 Å². The van der Waals surface area contributed by atoms with Crippen LogP contribution < -0.4 is 0 Å². The summed E-state index contributed by atoms with van der Waals surface area (Å²) in [6.07, 6.45) is 1.35. The van der Waals surface area contributed by atoms with E-state index in [0.29, 0.717) is 6.10 Å². The van der Waals surface area contributed by atoms with Gasteiger partial charge in [-0.3, -0.25) is 0 Å². The predicted molar refractivity (Wildman–Crippen MR) is 63.1 cm³/mol. The minimum absolute atomic E-state index is 0.355. The van der Waals surface area contributed by atoms with Crippen LogP contribution in [0.25, 0.3) is 0 Å². The van der Waals surface area contributed by atoms with Crippen molar-refractivity contribution >= 4 is 8.32 Å². The van der Waals surface area contributed by atoms with Gasteiger partial charge in [-0.2, -0.15) is 0 Å². The molecule has 0 spiro atoms. The highest BCUT2D eigenvalue weighted by molar-refractivity contribution is 6.83. The summed E-state index contributed by atoms with van der Waals surface area (Å²) in [7, 11) is -0.132. The van der Waals surface area contributed by atoms with Gasteiger partial charge in [0.25, 0.3) is 0 Å². The fourth-order valence-corrected chi connectivity index (χ4v) is 3.20. The first-order valence-electron chi connectivity index (χ1n) is 5.28. The lowest BCUT2D eigenvalue weighted by molar-refractivity contribution is 0.116. The van der Waals surface area contributed by atoms with Gasteiger partial charge in [0.15, 0.2) is 0 Å². The molecule has 0 bridgehead atoms. The van der Waals surface area contributed by atoms with E-state index < -0.39 is 8.32 Å². The minimum Gasteiger partial charge on any atom is -0.412 e. The Morgan fingerprint density at radius 2 is 2.13 bits per heavy atom. The summed E-state index contributed by atoms with van der Waals surface area (Å²) < 4.78 is 16.0. The Kier molecular flexibility index (Phi) is 5.25. The van der Waals surface area contributed by atoms with E-state index >= 15 is 0 Å². The van der Waals surface area contributed by atoms with Gasteiger partial charge in [-0.1, -0.05) is 11.4 Å². The van der Waals surface area contributed by atoms with Gasteiger partial charge in [-0.25, -0.2) is 0 Å². The van der Waals surface area contributed by atoms with E-state index in [1.54, 1.807) is 7.11 Å². The second-order valence-corrected chi connectivity index (χ2v) is 7.34. The van der Waals surface area contributed by atoms with Crippen molar-refractivity contribution in [1.29, 1.82) is 0 Å². The normalized spacial score (nSPS) is 19.9. The van der Waals surface area contributed by atoms with Crippen LogP contribution in [0.2, 0.25) is 6.04 Å². The summed E-state index contributed by atoms with van der Waals surface area (Å²) >= 11 is 0. The predicted octanol–water partition coefficient (Wildman–Crippen LogP) is 1.83. The number of rotatable bonds is 9. The first-order valence-corrected chi connectivity index (χ1v) is 7.55. The molecule has 0 aromatic carbocycles. The van der Waals surface area contributed by atoms with E-state index in [0.717, 1.165) is 32.3 Å². The number of ether oxygens (including phenoxy) is 2. The molecule has 1 fully saturated rings. The average Bonchev–Trinajstić information content (AvgIpc) is 3.08. The maximum atomic E-state index is 5.50. The van der Waals surface area contributed by atoms with Gasteiger partial charge >= 0.3 is 0 Å². The first kappa shape index (κ1) is 12.6. The minimum atomic E-state index is -1.86. The van der Waals surface area contributed by atoms with Crippen molar-refractivity contribution in [3.8, 4) is 0 Å². The van der Waals surface area contributed by atoms with E-state index in [-0.39, 0.29) is 0 Å². The van der Waals surface area contributed by atoms with Gasteiger partial charge in [0.1, 0.15) is 6.10 Å². The van der Waals surface area contributed by atoms with Crippen molar-refractivity contribution in [3.63, 3.8) is 0 Å². The van der Waals surface area contributed by atoms with Gasteiger partial charge in [0.05, 0.1) is 13.2 Å². The Morgan fingerprint density at radius 1 is 1.47 bits per heavy atom. The van der Waals surface area contributed by atoms with Crippen LogP contribution in [0, 0.1) is 0 Å². The molecule has 1 unspecified atom stereocenters. The summed E-state index contributed by atoms with van der Waals surface area (Å²) in [4.78, 5) is 0. The smallest absolute Gasteiger partial charge is 0.239 e. The zero-order valence-electron chi connectivity index (χ0n) is 9.41. The van der Waals surface area contributed by atoms with Crippen molar-refractivity contribution in [2.75, 3.05) is 26.9 Å². The van der Waals surface area contributed by atoms with Crippen LogP contribution in [0.3, 0.4) is 0 Å². The largest absolute Gasteiger partial charge is 0.412 e. The van der Waals surface area contributed by atoms with E-state index in [9.17, 15) is 0 Å². The highest BCUT2D eigenvalue weighted by Crippen LogP contribution is 2.16. The van der Waals surface area contributed by atoms with Gasteiger partial charge in [0.2, 0.25) is 8.32 Å². The molecule has 0 amide bonds. The van der Waals surface area contributed by atoms with Crippen LogP contribution in [0.1, 0.15) is 6.42 Å². The molecule has 86 valence electrons. The summed E-state index contributed by atoms with van der Waals surface area (Å²) in [5.41, 5.74) is 3.84. The zero-order chi connectivity index (χ0) is 11.1. The molecule has 15 heavy (non-hydrogen) atoms. The van der Waals surface area contributed by atoms with E-state index in [1.165, 1.54) is 0 Å². The van der Waals surface area contributed by atoms with Gasteiger partial charge < -0.3 is 13.9 Å². The highest BCUT2D eigenvalue weighted by atomic mass is 28.4. The molecule has 0 aromatic heterocycles. The molecule has 0 radical (unpaired) electrons. The van der Waals surface area contributed by atoms with E-state index in [1.807, 2.05) is 11.4 Å². The van der Waals surface area contributed by atoms with Crippen molar-refractivity contribution in [2.45, 2.75) is 18.6 Å². The molecule has 0 aliphatic carbocycles. The quantitative estimate of drug-likeness (QED) is 0.343. The molecule has 0 N–H and O–H groups in total. The molecule has 1 aliphatic rings. The van der Waals surface area contributed by atoms with Gasteiger partial charge in [-0.05, 0) is 12.5 Å². The Labute approximate surface area is 92.8 Å². The summed E-state index contributed by atoms with van der Waals surface area (Å²) in [6, 6.07) is 0.988. The third-order valence-corrected chi connectivity index (χ3v) is 5.91. The molecular weight excluding hydrogens is 208 g/mol. The lowest BCUT2D eigenvalue weighted by Crippen LogP contribution is -2.32. The van der Waals surface area contributed by atoms with E-state index in [4.69, 9.17) is 13.9 Å². The average molecular weight is 228 g/mol. The lowest BCUT2D eigenvalue weighted by Gasteiger charge is -2.21. The highest BCUT2D eigenvalue weighted by Gasteiger charge is 2.26. The second-order valence-electron chi connectivity index (χ2n) is 3.70. The molecule has 1 saturated heterocycles. The van der Waals surface area contributed by atoms with Crippen LogP contribution >= 0.6 is 0 Å². The number of epoxide rings is 1. The Bertz CT molecular complexity index is 206. The lowest BCUT2D eigenvalue weighted by atomic mass is 10.5. The zero-order valence-corrected chi connectivity index (χ0v) is 10.4. The standard InChI is InChI=1S/C11H20O3Si/c1-4-15(5-2,12-3)8-6-7-13-9-11-10-14-11/h4-5,11H,1-2,6-10H2,3H3. The molecule has 1 heterocycles. The fraction of sp³-hybridized carbons (Fsp3) is 0.636. The molecular formula is C11H20O3Si. The maximum Gasteiger partial charge on any atom is 0.239 e. The Morgan fingerprint density at radius 3 is 2.60 bits per heavy atom. The van der Waals surface area contributed by atoms with E-state index in [2.05, 4.69) is 13.2 Å². The summed E-state index contributed by atoms with van der Waals surface area (Å²) in [6.45, 7) is 9.98. The molecule has 4 heteroatoms. The monoisotopic (exact) mass is 228 g/mol. The third-order valence-electron chi connectivity index (χ3n) is 2.63. The van der Waals surface area contributed by atoms with Crippen molar-refractivity contribution in [2.24, 2.45) is 0 Å². The van der Waals surface area contributed by atoms with Gasteiger partial charge in [0, 0.05) is 13.7 Å². The summed E-state index contributed by atoms with van der Waals surface area (Å²) in [5, 5.41) is 0. The molecule has 0 saturated carbocycles. The molecule has 1 atom stereocenters. The Hall–Kier alpha value is -0.423. The molecule has 0 aromatic rings.